The lowest BCUT2D eigenvalue weighted by molar-refractivity contribution is 0.102. The third kappa shape index (κ3) is 3.65. The Morgan fingerprint density at radius 1 is 1.29 bits per heavy atom. The molecule has 3 nitrogen and oxygen atoms in total. The van der Waals surface area contributed by atoms with Gasteiger partial charge in [0.25, 0.3) is 5.91 Å². The van der Waals surface area contributed by atoms with Gasteiger partial charge in [-0.05, 0) is 53.2 Å². The Hall–Kier alpha value is -1.79. The number of carbonyl (C=O) groups is 1. The van der Waals surface area contributed by atoms with E-state index in [1.54, 1.807) is 18.2 Å². The van der Waals surface area contributed by atoms with Gasteiger partial charge in [0.05, 0.1) is 11.3 Å². The van der Waals surface area contributed by atoms with Gasteiger partial charge >= 0.3 is 0 Å². The van der Waals surface area contributed by atoms with E-state index in [4.69, 9.17) is 18.0 Å². The van der Waals surface area contributed by atoms with Crippen LogP contribution in [0.3, 0.4) is 0 Å². The quantitative estimate of drug-likeness (QED) is 0.812. The van der Waals surface area contributed by atoms with E-state index in [0.29, 0.717) is 15.6 Å². The van der Waals surface area contributed by atoms with Gasteiger partial charge in [0.2, 0.25) is 0 Å². The Labute approximate surface area is 135 Å². The summed E-state index contributed by atoms with van der Waals surface area (Å²) in [6, 6.07) is 9.57. The zero-order chi connectivity index (χ0) is 15.6. The van der Waals surface area contributed by atoms with Gasteiger partial charge in [-0.1, -0.05) is 23.8 Å². The van der Waals surface area contributed by atoms with Gasteiger partial charge in [-0.15, -0.1) is 0 Å². The molecule has 0 aliphatic carbocycles. The number of aryl methyl sites for hydroxylation is 1. The Kier molecular flexibility index (Phi) is 4.69. The maximum atomic E-state index is 13.9. The molecule has 108 valence electrons. The van der Waals surface area contributed by atoms with Crippen LogP contribution in [0.4, 0.5) is 10.1 Å². The molecule has 6 heteroatoms. The first-order chi connectivity index (χ1) is 9.88. The van der Waals surface area contributed by atoms with Gasteiger partial charge in [0.15, 0.2) is 0 Å². The minimum absolute atomic E-state index is 0.0772. The van der Waals surface area contributed by atoms with Crippen molar-refractivity contribution in [2.24, 2.45) is 5.73 Å². The van der Waals surface area contributed by atoms with E-state index in [1.165, 1.54) is 12.1 Å². The molecule has 2 aromatic carbocycles. The summed E-state index contributed by atoms with van der Waals surface area (Å²) in [4.78, 5) is 12.3. The fraction of sp³-hybridized carbons (Fsp3) is 0.0667. The molecule has 0 saturated heterocycles. The smallest absolute Gasteiger partial charge is 0.256 e. The van der Waals surface area contributed by atoms with Crippen molar-refractivity contribution in [1.29, 1.82) is 0 Å². The van der Waals surface area contributed by atoms with E-state index in [9.17, 15) is 9.18 Å². The molecule has 0 atom stereocenters. The van der Waals surface area contributed by atoms with Gasteiger partial charge in [0.1, 0.15) is 10.8 Å². The van der Waals surface area contributed by atoms with Crippen LogP contribution in [0.1, 0.15) is 21.5 Å². The zero-order valence-electron chi connectivity index (χ0n) is 11.1. The number of hydrogen-bond donors (Lipinski definition) is 2. The van der Waals surface area contributed by atoms with Crippen molar-refractivity contribution in [3.63, 3.8) is 0 Å². The normalized spacial score (nSPS) is 10.2. The van der Waals surface area contributed by atoms with E-state index in [-0.39, 0.29) is 10.7 Å². The van der Waals surface area contributed by atoms with Crippen molar-refractivity contribution < 1.29 is 9.18 Å². The van der Waals surface area contributed by atoms with Gasteiger partial charge in [0, 0.05) is 10.0 Å². The predicted molar refractivity (Wildman–Crippen MR) is 89.1 cm³/mol. The molecule has 0 bridgehead atoms. The number of hydrogen-bond acceptors (Lipinski definition) is 2. The molecule has 1 amide bonds. The molecule has 0 fully saturated rings. The zero-order valence-corrected chi connectivity index (χ0v) is 13.5. The van der Waals surface area contributed by atoms with Crippen molar-refractivity contribution in [2.75, 3.05) is 5.32 Å². The number of benzene rings is 2. The van der Waals surface area contributed by atoms with Crippen LogP contribution in [0, 0.1) is 12.7 Å². The Balaban J connectivity index is 2.27. The first kappa shape index (κ1) is 15.6. The van der Waals surface area contributed by atoms with E-state index in [1.807, 2.05) is 13.0 Å². The lowest BCUT2D eigenvalue weighted by Gasteiger charge is -2.09. The first-order valence-electron chi connectivity index (χ1n) is 6.05. The van der Waals surface area contributed by atoms with Crippen LogP contribution in [-0.4, -0.2) is 10.9 Å². The standard InChI is InChI=1S/C15H12BrFN2OS/c1-8-2-4-11(16)10(6-8)15(20)19-13-5-3-9(14(18)21)7-12(13)17/h2-7H,1H3,(H2,18,21)(H,19,20). The Morgan fingerprint density at radius 3 is 2.62 bits per heavy atom. The van der Waals surface area contributed by atoms with Gasteiger partial charge in [-0.3, -0.25) is 4.79 Å². The Morgan fingerprint density at radius 2 is 2.00 bits per heavy atom. The van der Waals surface area contributed by atoms with E-state index >= 15 is 0 Å². The number of carbonyl (C=O) groups excluding carboxylic acids is 1. The molecular weight excluding hydrogens is 355 g/mol. The molecule has 0 aliphatic heterocycles. The van der Waals surface area contributed by atoms with E-state index in [2.05, 4.69) is 21.2 Å². The predicted octanol–water partition coefficient (Wildman–Crippen LogP) is 3.78. The average Bonchev–Trinajstić information content (AvgIpc) is 2.43. The van der Waals surface area contributed by atoms with Crippen molar-refractivity contribution in [3.05, 3.63) is 63.4 Å². The maximum Gasteiger partial charge on any atom is 0.256 e. The maximum absolute atomic E-state index is 13.9. The minimum Gasteiger partial charge on any atom is -0.389 e. The molecule has 2 aromatic rings. The molecule has 3 N–H and O–H groups in total. The summed E-state index contributed by atoms with van der Waals surface area (Å²) < 4.78 is 14.6. The lowest BCUT2D eigenvalue weighted by atomic mass is 10.1. The first-order valence-corrected chi connectivity index (χ1v) is 7.25. The molecule has 0 unspecified atom stereocenters. The Bertz CT molecular complexity index is 734. The average molecular weight is 367 g/mol. The number of halogens is 2. The largest absolute Gasteiger partial charge is 0.389 e. The van der Waals surface area contributed by atoms with Crippen LogP contribution < -0.4 is 11.1 Å². The van der Waals surface area contributed by atoms with Crippen LogP contribution in [0.25, 0.3) is 0 Å². The van der Waals surface area contributed by atoms with Crippen LogP contribution in [0.15, 0.2) is 40.9 Å². The van der Waals surface area contributed by atoms with Crippen LogP contribution in [-0.2, 0) is 0 Å². The second-order valence-corrected chi connectivity index (χ2v) is 5.79. The number of nitrogens with two attached hydrogens (primary N) is 1. The summed E-state index contributed by atoms with van der Waals surface area (Å²) in [5, 5.41) is 2.53. The highest BCUT2D eigenvalue weighted by Gasteiger charge is 2.13. The highest BCUT2D eigenvalue weighted by atomic mass is 79.9. The minimum atomic E-state index is -0.586. The summed E-state index contributed by atoms with van der Waals surface area (Å²) in [5.74, 6) is -0.982. The van der Waals surface area contributed by atoms with E-state index in [0.717, 1.165) is 5.56 Å². The monoisotopic (exact) mass is 366 g/mol. The number of anilines is 1. The topological polar surface area (TPSA) is 55.1 Å². The third-order valence-corrected chi connectivity index (χ3v) is 3.80. The highest BCUT2D eigenvalue weighted by Crippen LogP contribution is 2.21. The summed E-state index contributed by atoms with van der Waals surface area (Å²) in [6.45, 7) is 1.88. The molecule has 2 rings (SSSR count). The lowest BCUT2D eigenvalue weighted by Crippen LogP contribution is -2.15. The highest BCUT2D eigenvalue weighted by molar-refractivity contribution is 9.10. The molecule has 0 aliphatic rings. The number of rotatable bonds is 3. The number of amides is 1. The molecule has 21 heavy (non-hydrogen) atoms. The molecular formula is C15H12BrFN2OS. The van der Waals surface area contributed by atoms with Gasteiger partial charge in [-0.2, -0.15) is 0 Å². The van der Waals surface area contributed by atoms with Crippen molar-refractivity contribution >= 4 is 44.7 Å². The number of nitrogens with one attached hydrogen (secondary N) is 1. The fourth-order valence-corrected chi connectivity index (χ4v) is 2.33. The summed E-state index contributed by atoms with van der Waals surface area (Å²) in [7, 11) is 0. The second-order valence-electron chi connectivity index (χ2n) is 4.50. The van der Waals surface area contributed by atoms with Crippen molar-refractivity contribution in [3.8, 4) is 0 Å². The van der Waals surface area contributed by atoms with Gasteiger partial charge < -0.3 is 11.1 Å². The molecule has 0 radical (unpaired) electrons. The molecule has 0 spiro atoms. The van der Waals surface area contributed by atoms with Crippen LogP contribution in [0.5, 0.6) is 0 Å². The summed E-state index contributed by atoms with van der Waals surface area (Å²) in [5.41, 5.74) is 7.30. The van der Waals surface area contributed by atoms with Crippen LogP contribution >= 0.6 is 28.1 Å². The van der Waals surface area contributed by atoms with Crippen LogP contribution in [0.2, 0.25) is 0 Å². The molecule has 0 heterocycles. The van der Waals surface area contributed by atoms with E-state index < -0.39 is 11.7 Å². The third-order valence-electron chi connectivity index (χ3n) is 2.87. The van der Waals surface area contributed by atoms with Crippen molar-refractivity contribution in [1.82, 2.24) is 0 Å². The summed E-state index contributed by atoms with van der Waals surface area (Å²) >= 11 is 8.08. The second kappa shape index (κ2) is 6.32. The van der Waals surface area contributed by atoms with Crippen molar-refractivity contribution in [2.45, 2.75) is 6.92 Å². The SMILES string of the molecule is Cc1ccc(Br)c(C(=O)Nc2ccc(C(N)=S)cc2F)c1. The number of thiocarbonyl (C=S) groups is 1. The van der Waals surface area contributed by atoms with Gasteiger partial charge in [-0.25, -0.2) is 4.39 Å². The fourth-order valence-electron chi connectivity index (χ4n) is 1.77. The molecule has 0 saturated carbocycles. The summed E-state index contributed by atoms with van der Waals surface area (Å²) in [6.07, 6.45) is 0. The molecule has 0 aromatic heterocycles.